The van der Waals surface area contributed by atoms with Gasteiger partial charge in [-0.05, 0) is 13.8 Å². The summed E-state index contributed by atoms with van der Waals surface area (Å²) in [4.78, 5) is 0. The first kappa shape index (κ1) is 8.69. The van der Waals surface area contributed by atoms with Gasteiger partial charge >= 0.3 is 0 Å². The number of hydrogen-bond donors (Lipinski definition) is 0. The first-order chi connectivity index (χ1) is 3.95. The number of allylic oxidation sites excluding steroid dienone is 1. The van der Waals surface area contributed by atoms with Crippen LogP contribution in [0, 0.1) is 6.26 Å². The van der Waals surface area contributed by atoms with Crippen LogP contribution in [0.2, 0.25) is 0 Å². The predicted octanol–water partition coefficient (Wildman–Crippen LogP) is 1.16. The van der Waals surface area contributed by atoms with Crippen molar-refractivity contribution in [1.82, 2.24) is 0 Å². The van der Waals surface area contributed by atoms with Crippen LogP contribution in [-0.4, -0.2) is 14.2 Å². The monoisotopic (exact) mass is 147 g/mol. The van der Waals surface area contributed by atoms with Gasteiger partial charge in [-0.15, -0.1) is 0 Å². The van der Waals surface area contributed by atoms with E-state index >= 15 is 0 Å². The van der Waals surface area contributed by atoms with Crippen molar-refractivity contribution in [2.75, 3.05) is 5.75 Å². The van der Waals surface area contributed by atoms with Crippen molar-refractivity contribution in [3.63, 3.8) is 0 Å². The second-order valence-corrected chi connectivity index (χ2v) is 3.80. The molecule has 0 aliphatic carbocycles. The van der Waals surface area contributed by atoms with E-state index in [-0.39, 0.29) is 5.75 Å². The average molecular weight is 147 g/mol. The first-order valence-electron chi connectivity index (χ1n) is 2.63. The van der Waals surface area contributed by atoms with Gasteiger partial charge in [-0.2, -0.15) is 0 Å². The fourth-order valence-corrected chi connectivity index (χ4v) is 1.29. The zero-order chi connectivity index (χ0) is 7.49. The molecule has 9 heavy (non-hydrogen) atoms. The summed E-state index contributed by atoms with van der Waals surface area (Å²) in [7, 11) is -3.05. The molecule has 0 aliphatic rings. The van der Waals surface area contributed by atoms with Crippen LogP contribution in [0.5, 0.6) is 0 Å². The SMILES string of the molecule is [CH2]S(=O)(=O)CC(C)=CC. The lowest BCUT2D eigenvalue weighted by Crippen LogP contribution is -2.00. The molecule has 0 spiro atoms. The van der Waals surface area contributed by atoms with Crippen molar-refractivity contribution in [2.24, 2.45) is 0 Å². The van der Waals surface area contributed by atoms with Crippen molar-refractivity contribution in [2.45, 2.75) is 13.8 Å². The molecule has 0 aromatic heterocycles. The van der Waals surface area contributed by atoms with Crippen LogP contribution in [-0.2, 0) is 9.84 Å². The van der Waals surface area contributed by atoms with Crippen molar-refractivity contribution in [1.29, 1.82) is 0 Å². The highest BCUT2D eigenvalue weighted by Crippen LogP contribution is 1.97. The van der Waals surface area contributed by atoms with E-state index in [1.807, 2.05) is 0 Å². The smallest absolute Gasteiger partial charge is 0.155 e. The van der Waals surface area contributed by atoms with Gasteiger partial charge in [0.15, 0.2) is 9.84 Å². The Balaban J connectivity index is 4.07. The highest BCUT2D eigenvalue weighted by molar-refractivity contribution is 7.92. The molecular formula is C6H11O2S. The minimum absolute atomic E-state index is 0.0729. The summed E-state index contributed by atoms with van der Waals surface area (Å²) in [6.45, 7) is 3.57. The fourth-order valence-electron chi connectivity index (χ4n) is 0.430. The Bertz CT molecular complexity index is 199. The summed E-state index contributed by atoms with van der Waals surface area (Å²) in [5.41, 5.74) is 0.838. The number of sulfone groups is 1. The van der Waals surface area contributed by atoms with Crippen LogP contribution in [0.4, 0.5) is 0 Å². The molecule has 0 atom stereocenters. The summed E-state index contributed by atoms with van der Waals surface area (Å²) < 4.78 is 20.9. The summed E-state index contributed by atoms with van der Waals surface area (Å²) in [6.07, 6.45) is 4.76. The van der Waals surface area contributed by atoms with Gasteiger partial charge in [-0.3, -0.25) is 0 Å². The average Bonchev–Trinajstić information content (AvgIpc) is 1.62. The quantitative estimate of drug-likeness (QED) is 0.549. The normalized spacial score (nSPS) is 13.9. The zero-order valence-electron chi connectivity index (χ0n) is 5.72. The van der Waals surface area contributed by atoms with Crippen molar-refractivity contribution >= 4 is 9.84 Å². The Kier molecular flexibility index (Phi) is 2.91. The molecule has 0 heterocycles. The second-order valence-electron chi connectivity index (χ2n) is 2.02. The fraction of sp³-hybridized carbons (Fsp3) is 0.500. The molecule has 53 valence electrons. The maximum absolute atomic E-state index is 10.4. The van der Waals surface area contributed by atoms with Gasteiger partial charge in [0.1, 0.15) is 0 Å². The van der Waals surface area contributed by atoms with Gasteiger partial charge in [-0.1, -0.05) is 11.6 Å². The summed E-state index contributed by atoms with van der Waals surface area (Å²) in [5.74, 6) is 0.0729. The Hall–Kier alpha value is -0.310. The zero-order valence-corrected chi connectivity index (χ0v) is 6.53. The maximum atomic E-state index is 10.4. The largest absolute Gasteiger partial charge is 0.228 e. The highest BCUT2D eigenvalue weighted by atomic mass is 32.2. The molecule has 0 bridgehead atoms. The molecule has 0 rings (SSSR count). The second kappa shape index (κ2) is 3.01. The molecule has 3 heteroatoms. The standard InChI is InChI=1S/C6H11O2S/c1-4-6(2)5-9(3,7)8/h4H,3,5H2,1-2H3. The third kappa shape index (κ3) is 5.56. The van der Waals surface area contributed by atoms with E-state index in [2.05, 4.69) is 6.26 Å². The third-order valence-electron chi connectivity index (χ3n) is 0.940. The van der Waals surface area contributed by atoms with E-state index in [1.165, 1.54) is 0 Å². The van der Waals surface area contributed by atoms with Crippen LogP contribution in [0.3, 0.4) is 0 Å². The van der Waals surface area contributed by atoms with Crippen molar-refractivity contribution in [3.05, 3.63) is 17.9 Å². The third-order valence-corrected chi connectivity index (χ3v) is 1.84. The molecule has 0 amide bonds. The van der Waals surface area contributed by atoms with Crippen molar-refractivity contribution < 1.29 is 8.42 Å². The molecule has 1 radical (unpaired) electrons. The number of rotatable bonds is 2. The van der Waals surface area contributed by atoms with Crippen LogP contribution in [0.1, 0.15) is 13.8 Å². The molecule has 0 N–H and O–H groups in total. The lowest BCUT2D eigenvalue weighted by Gasteiger charge is -1.94. The molecule has 0 saturated carbocycles. The molecule has 0 saturated heterocycles. The Morgan fingerprint density at radius 3 is 2.22 bits per heavy atom. The van der Waals surface area contributed by atoms with E-state index < -0.39 is 9.84 Å². The molecule has 2 nitrogen and oxygen atoms in total. The maximum Gasteiger partial charge on any atom is 0.155 e. The van der Waals surface area contributed by atoms with Gasteiger partial charge in [0.25, 0.3) is 0 Å². The molecule has 0 fully saturated rings. The molecule has 0 aromatic rings. The summed E-state index contributed by atoms with van der Waals surface area (Å²) in [5, 5.41) is 0. The van der Waals surface area contributed by atoms with E-state index in [0.717, 1.165) is 5.57 Å². The van der Waals surface area contributed by atoms with E-state index in [9.17, 15) is 8.42 Å². The van der Waals surface area contributed by atoms with Crippen LogP contribution in [0.15, 0.2) is 11.6 Å². The van der Waals surface area contributed by atoms with E-state index in [0.29, 0.717) is 0 Å². The number of hydrogen-bond acceptors (Lipinski definition) is 2. The van der Waals surface area contributed by atoms with Crippen molar-refractivity contribution in [3.8, 4) is 0 Å². The van der Waals surface area contributed by atoms with Gasteiger partial charge in [-0.25, -0.2) is 8.42 Å². The molecule has 0 aromatic carbocycles. The lowest BCUT2D eigenvalue weighted by atomic mass is 10.3. The minimum Gasteiger partial charge on any atom is -0.228 e. The van der Waals surface area contributed by atoms with Crippen LogP contribution in [0.25, 0.3) is 0 Å². The molecular weight excluding hydrogens is 136 g/mol. The highest BCUT2D eigenvalue weighted by Gasteiger charge is 2.00. The summed E-state index contributed by atoms with van der Waals surface area (Å²) >= 11 is 0. The summed E-state index contributed by atoms with van der Waals surface area (Å²) in [6, 6.07) is 0. The van der Waals surface area contributed by atoms with Gasteiger partial charge in [0, 0.05) is 0 Å². The minimum atomic E-state index is -3.05. The van der Waals surface area contributed by atoms with E-state index in [4.69, 9.17) is 0 Å². The van der Waals surface area contributed by atoms with Gasteiger partial charge in [0.2, 0.25) is 0 Å². The predicted molar refractivity (Wildman–Crippen MR) is 38.6 cm³/mol. The Labute approximate surface area is 56.5 Å². The van der Waals surface area contributed by atoms with Gasteiger partial charge < -0.3 is 0 Å². The topological polar surface area (TPSA) is 34.1 Å². The Morgan fingerprint density at radius 1 is 1.67 bits per heavy atom. The first-order valence-corrected chi connectivity index (χ1v) is 4.45. The Morgan fingerprint density at radius 2 is 2.11 bits per heavy atom. The molecule has 0 unspecified atom stereocenters. The molecule has 0 aliphatic heterocycles. The van der Waals surface area contributed by atoms with Gasteiger partial charge in [0.05, 0.1) is 12.0 Å². The van der Waals surface area contributed by atoms with E-state index in [1.54, 1.807) is 19.9 Å². The van der Waals surface area contributed by atoms with Crippen LogP contribution < -0.4 is 0 Å². The van der Waals surface area contributed by atoms with Crippen LogP contribution >= 0.6 is 0 Å². The lowest BCUT2D eigenvalue weighted by molar-refractivity contribution is 0.606.